The third-order valence-electron chi connectivity index (χ3n) is 3.33. The first-order valence-corrected chi connectivity index (χ1v) is 6.76. The number of ether oxygens (including phenoxy) is 1. The molecule has 0 heterocycles. The smallest absolute Gasteiger partial charge is 0.325 e. The van der Waals surface area contributed by atoms with Crippen LogP contribution in [-0.2, 0) is 11.3 Å². The van der Waals surface area contributed by atoms with Gasteiger partial charge in [0.05, 0.1) is 7.11 Å². The first kappa shape index (κ1) is 15.1. The fourth-order valence-electron chi connectivity index (χ4n) is 2.07. The van der Waals surface area contributed by atoms with Crippen LogP contribution < -0.4 is 10.1 Å². The SMILES string of the molecule is COc1ccc(CNC(C(=O)O)c2ccc(C)cc2)cc1. The van der Waals surface area contributed by atoms with Crippen LogP contribution in [0.3, 0.4) is 0 Å². The highest BCUT2D eigenvalue weighted by atomic mass is 16.5. The Morgan fingerprint density at radius 1 is 1.14 bits per heavy atom. The van der Waals surface area contributed by atoms with E-state index in [0.29, 0.717) is 6.54 Å². The molecule has 0 aromatic heterocycles. The Bertz CT molecular complexity index is 590. The van der Waals surface area contributed by atoms with Gasteiger partial charge in [0.1, 0.15) is 11.8 Å². The number of hydrogen-bond acceptors (Lipinski definition) is 3. The summed E-state index contributed by atoms with van der Waals surface area (Å²) in [7, 11) is 1.62. The van der Waals surface area contributed by atoms with E-state index in [9.17, 15) is 9.90 Å². The van der Waals surface area contributed by atoms with Crippen LogP contribution in [0.1, 0.15) is 22.7 Å². The topological polar surface area (TPSA) is 58.6 Å². The van der Waals surface area contributed by atoms with E-state index in [0.717, 1.165) is 22.4 Å². The molecule has 0 spiro atoms. The summed E-state index contributed by atoms with van der Waals surface area (Å²) in [6.45, 7) is 2.46. The van der Waals surface area contributed by atoms with Crippen molar-refractivity contribution >= 4 is 5.97 Å². The molecule has 0 aliphatic heterocycles. The second-order valence-corrected chi connectivity index (χ2v) is 4.91. The number of nitrogens with one attached hydrogen (secondary N) is 1. The van der Waals surface area contributed by atoms with Crippen LogP contribution in [0.15, 0.2) is 48.5 Å². The zero-order valence-corrected chi connectivity index (χ0v) is 12.2. The monoisotopic (exact) mass is 285 g/mol. The lowest BCUT2D eigenvalue weighted by Gasteiger charge is -2.15. The zero-order valence-electron chi connectivity index (χ0n) is 12.2. The zero-order chi connectivity index (χ0) is 15.2. The Hall–Kier alpha value is -2.33. The summed E-state index contributed by atoms with van der Waals surface area (Å²) < 4.78 is 5.10. The molecule has 0 bridgehead atoms. The summed E-state index contributed by atoms with van der Waals surface area (Å²) in [6, 6.07) is 14.4. The van der Waals surface area contributed by atoms with E-state index < -0.39 is 12.0 Å². The molecular formula is C17H19NO3. The number of hydrogen-bond donors (Lipinski definition) is 2. The third kappa shape index (κ3) is 4.07. The van der Waals surface area contributed by atoms with Gasteiger partial charge in [-0.1, -0.05) is 42.0 Å². The number of aryl methyl sites for hydroxylation is 1. The number of rotatable bonds is 6. The average molecular weight is 285 g/mol. The summed E-state index contributed by atoms with van der Waals surface area (Å²) in [5, 5.41) is 12.4. The van der Waals surface area contributed by atoms with Crippen molar-refractivity contribution < 1.29 is 14.6 Å². The molecule has 4 nitrogen and oxygen atoms in total. The first-order valence-electron chi connectivity index (χ1n) is 6.76. The highest BCUT2D eigenvalue weighted by Gasteiger charge is 2.18. The van der Waals surface area contributed by atoms with E-state index in [-0.39, 0.29) is 0 Å². The standard InChI is InChI=1S/C17H19NO3/c1-12-3-7-14(8-4-12)16(17(19)20)18-11-13-5-9-15(21-2)10-6-13/h3-10,16,18H,11H2,1-2H3,(H,19,20). The quantitative estimate of drug-likeness (QED) is 0.856. The van der Waals surface area contributed by atoms with Crippen molar-refractivity contribution in [1.82, 2.24) is 5.32 Å². The molecule has 2 N–H and O–H groups in total. The number of aliphatic carboxylic acids is 1. The van der Waals surface area contributed by atoms with Crippen LogP contribution in [0, 0.1) is 6.92 Å². The van der Waals surface area contributed by atoms with Gasteiger partial charge in [0.15, 0.2) is 0 Å². The molecule has 2 aromatic carbocycles. The van der Waals surface area contributed by atoms with E-state index in [1.807, 2.05) is 55.5 Å². The van der Waals surface area contributed by atoms with Crippen molar-refractivity contribution in [1.29, 1.82) is 0 Å². The fraction of sp³-hybridized carbons (Fsp3) is 0.235. The molecule has 1 unspecified atom stereocenters. The van der Waals surface area contributed by atoms with Gasteiger partial charge in [0, 0.05) is 6.54 Å². The van der Waals surface area contributed by atoms with Crippen LogP contribution in [0.2, 0.25) is 0 Å². The lowest BCUT2D eigenvalue weighted by atomic mass is 10.0. The molecule has 0 radical (unpaired) electrons. The molecule has 0 saturated carbocycles. The normalized spacial score (nSPS) is 11.9. The highest BCUT2D eigenvalue weighted by molar-refractivity contribution is 5.75. The molecule has 0 fully saturated rings. The van der Waals surface area contributed by atoms with Crippen molar-refractivity contribution in [3.05, 3.63) is 65.2 Å². The number of methoxy groups -OCH3 is 1. The summed E-state index contributed by atoms with van der Waals surface area (Å²) in [6.07, 6.45) is 0. The molecule has 0 saturated heterocycles. The van der Waals surface area contributed by atoms with Crippen molar-refractivity contribution in [3.8, 4) is 5.75 Å². The molecule has 2 aromatic rings. The second kappa shape index (κ2) is 6.90. The fourth-order valence-corrected chi connectivity index (χ4v) is 2.07. The summed E-state index contributed by atoms with van der Waals surface area (Å²) in [5.74, 6) is -0.0977. The van der Waals surface area contributed by atoms with Crippen LogP contribution in [0.5, 0.6) is 5.75 Å². The van der Waals surface area contributed by atoms with Gasteiger partial charge in [-0.25, -0.2) is 0 Å². The molecule has 0 amide bonds. The van der Waals surface area contributed by atoms with Gasteiger partial charge in [-0.2, -0.15) is 0 Å². The molecule has 21 heavy (non-hydrogen) atoms. The van der Waals surface area contributed by atoms with E-state index >= 15 is 0 Å². The summed E-state index contributed by atoms with van der Waals surface area (Å²) in [4.78, 5) is 11.4. The van der Waals surface area contributed by atoms with Gasteiger partial charge in [-0.15, -0.1) is 0 Å². The number of carbonyl (C=O) groups is 1. The van der Waals surface area contributed by atoms with Crippen molar-refractivity contribution in [3.63, 3.8) is 0 Å². The minimum absolute atomic E-state index is 0.481. The minimum atomic E-state index is -0.882. The number of benzene rings is 2. The van der Waals surface area contributed by atoms with Crippen molar-refractivity contribution in [2.75, 3.05) is 7.11 Å². The Kier molecular flexibility index (Phi) is 4.95. The predicted molar refractivity (Wildman–Crippen MR) is 81.4 cm³/mol. The maximum Gasteiger partial charge on any atom is 0.325 e. The van der Waals surface area contributed by atoms with Crippen LogP contribution >= 0.6 is 0 Å². The van der Waals surface area contributed by atoms with E-state index in [1.165, 1.54) is 0 Å². The molecule has 2 rings (SSSR count). The van der Waals surface area contributed by atoms with Gasteiger partial charge >= 0.3 is 5.97 Å². The van der Waals surface area contributed by atoms with E-state index in [2.05, 4.69) is 5.32 Å². The van der Waals surface area contributed by atoms with Crippen LogP contribution in [0.25, 0.3) is 0 Å². The Balaban J connectivity index is 2.06. The van der Waals surface area contributed by atoms with E-state index in [4.69, 9.17) is 4.74 Å². The second-order valence-electron chi connectivity index (χ2n) is 4.91. The highest BCUT2D eigenvalue weighted by Crippen LogP contribution is 2.16. The molecule has 110 valence electrons. The van der Waals surface area contributed by atoms with Gasteiger partial charge in [-0.05, 0) is 30.2 Å². The molecule has 1 atom stereocenters. The number of carboxylic acid groups (broad SMARTS) is 1. The lowest BCUT2D eigenvalue weighted by molar-refractivity contribution is -0.139. The molecule has 0 aliphatic rings. The van der Waals surface area contributed by atoms with E-state index in [1.54, 1.807) is 7.11 Å². The van der Waals surface area contributed by atoms with Gasteiger partial charge < -0.3 is 9.84 Å². The van der Waals surface area contributed by atoms with Gasteiger partial charge in [0.2, 0.25) is 0 Å². The summed E-state index contributed by atoms with van der Waals surface area (Å²) >= 11 is 0. The Morgan fingerprint density at radius 2 is 1.76 bits per heavy atom. The summed E-state index contributed by atoms with van der Waals surface area (Å²) in [5.41, 5.74) is 2.87. The number of carboxylic acids is 1. The maximum atomic E-state index is 11.4. The average Bonchev–Trinajstić information content (AvgIpc) is 2.49. The van der Waals surface area contributed by atoms with Gasteiger partial charge in [0.25, 0.3) is 0 Å². The molecule has 0 aliphatic carbocycles. The van der Waals surface area contributed by atoms with Crippen LogP contribution in [-0.4, -0.2) is 18.2 Å². The van der Waals surface area contributed by atoms with Crippen molar-refractivity contribution in [2.45, 2.75) is 19.5 Å². The molecule has 4 heteroatoms. The molecular weight excluding hydrogens is 266 g/mol. The Labute approximate surface area is 124 Å². The van der Waals surface area contributed by atoms with Gasteiger partial charge in [-0.3, -0.25) is 10.1 Å². The third-order valence-corrected chi connectivity index (χ3v) is 3.33. The largest absolute Gasteiger partial charge is 0.497 e. The lowest BCUT2D eigenvalue weighted by Crippen LogP contribution is -2.28. The predicted octanol–water partition coefficient (Wildman–Crippen LogP) is 2.92. The first-order chi connectivity index (χ1) is 10.1. The van der Waals surface area contributed by atoms with Crippen LogP contribution in [0.4, 0.5) is 0 Å². The van der Waals surface area contributed by atoms with Crippen molar-refractivity contribution in [2.24, 2.45) is 0 Å². The minimum Gasteiger partial charge on any atom is -0.497 e. The Morgan fingerprint density at radius 3 is 2.29 bits per heavy atom. The maximum absolute atomic E-state index is 11.4.